The second-order valence-corrected chi connectivity index (χ2v) is 9.51. The van der Waals surface area contributed by atoms with E-state index in [1.165, 1.54) is 0 Å². The molecule has 2 N–H and O–H groups in total. The van der Waals surface area contributed by atoms with Gasteiger partial charge in [0, 0.05) is 24.6 Å². The van der Waals surface area contributed by atoms with Crippen molar-refractivity contribution in [3.05, 3.63) is 36.2 Å². The number of benzene rings is 1. The van der Waals surface area contributed by atoms with Crippen LogP contribution in [0.1, 0.15) is 45.0 Å². The number of hydrogen-bond acceptors (Lipinski definition) is 5. The molecule has 2 heterocycles. The van der Waals surface area contributed by atoms with Crippen LogP contribution >= 0.6 is 0 Å². The van der Waals surface area contributed by atoms with Gasteiger partial charge >= 0.3 is 0 Å². The lowest BCUT2D eigenvalue weighted by Gasteiger charge is -2.23. The fourth-order valence-electron chi connectivity index (χ4n) is 3.45. The third kappa shape index (κ3) is 5.17. The molecule has 2 unspecified atom stereocenters. The molecule has 1 saturated heterocycles. The van der Waals surface area contributed by atoms with Crippen molar-refractivity contribution in [3.8, 4) is 11.4 Å². The first-order valence-electron chi connectivity index (χ1n) is 9.47. The number of sulfonamides is 1. The second kappa shape index (κ2) is 8.40. The maximum Gasteiger partial charge on any atom is 0.223 e. The summed E-state index contributed by atoms with van der Waals surface area (Å²) in [5, 5.41) is 7.23. The first-order valence-corrected chi connectivity index (χ1v) is 11.4. The highest BCUT2D eigenvalue weighted by Gasteiger charge is 2.38. The summed E-state index contributed by atoms with van der Waals surface area (Å²) in [5.41, 5.74) is 0.881. The molecule has 0 spiro atoms. The Labute approximate surface area is 165 Å². The van der Waals surface area contributed by atoms with Gasteiger partial charge in [-0.05, 0) is 18.8 Å². The van der Waals surface area contributed by atoms with Gasteiger partial charge in [-0.15, -0.1) is 0 Å². The number of nitrogens with zero attached hydrogens (tertiary/aromatic N) is 3. The summed E-state index contributed by atoms with van der Waals surface area (Å²) in [5.74, 6) is 1.57. The average molecular weight is 406 g/mol. The van der Waals surface area contributed by atoms with Crippen LogP contribution < -0.4 is 4.72 Å². The van der Waals surface area contributed by atoms with Gasteiger partial charge in [0.05, 0.1) is 12.3 Å². The molecular formula is C19H27N5O3S. The Hall–Kier alpha value is -2.26. The zero-order valence-corrected chi connectivity index (χ0v) is 17.2. The molecule has 2 aromatic rings. The van der Waals surface area contributed by atoms with Crippen LogP contribution in [0.15, 0.2) is 30.3 Å². The first-order chi connectivity index (χ1) is 13.2. The standard InChI is InChI=1S/C19H27N5O3S/c1-13(2)9-10-17(25)24-12-15(23-28(3,26)27)11-16(24)19-20-18(21-22-19)14-7-5-4-6-8-14/h4-8,13,15-16,23H,9-12H2,1-3H3,(H,20,21,22). The fourth-order valence-corrected chi connectivity index (χ4v) is 4.23. The minimum absolute atomic E-state index is 0.00848. The number of hydrogen-bond donors (Lipinski definition) is 2. The molecule has 0 bridgehead atoms. The highest BCUT2D eigenvalue weighted by Crippen LogP contribution is 2.32. The van der Waals surface area contributed by atoms with E-state index in [4.69, 9.17) is 0 Å². The Morgan fingerprint density at radius 1 is 1.32 bits per heavy atom. The molecule has 28 heavy (non-hydrogen) atoms. The number of nitrogens with one attached hydrogen (secondary N) is 2. The van der Waals surface area contributed by atoms with Crippen LogP contribution in [0.3, 0.4) is 0 Å². The van der Waals surface area contributed by atoms with Crippen molar-refractivity contribution in [1.82, 2.24) is 24.8 Å². The molecule has 2 atom stereocenters. The molecular weight excluding hydrogens is 378 g/mol. The van der Waals surface area contributed by atoms with Gasteiger partial charge in [-0.3, -0.25) is 9.89 Å². The van der Waals surface area contributed by atoms with Gasteiger partial charge in [0.15, 0.2) is 5.82 Å². The number of amides is 1. The molecule has 1 aromatic heterocycles. The van der Waals surface area contributed by atoms with Crippen LogP contribution in [0, 0.1) is 5.92 Å². The van der Waals surface area contributed by atoms with E-state index in [9.17, 15) is 13.2 Å². The van der Waals surface area contributed by atoms with Gasteiger partial charge in [-0.2, -0.15) is 5.10 Å². The lowest BCUT2D eigenvalue weighted by molar-refractivity contribution is -0.132. The number of likely N-dealkylation sites (tertiary alicyclic amines) is 1. The van der Waals surface area contributed by atoms with E-state index in [1.807, 2.05) is 30.3 Å². The minimum atomic E-state index is -3.36. The zero-order chi connectivity index (χ0) is 20.3. The summed E-state index contributed by atoms with van der Waals surface area (Å²) < 4.78 is 25.9. The van der Waals surface area contributed by atoms with E-state index in [-0.39, 0.29) is 18.0 Å². The third-order valence-electron chi connectivity index (χ3n) is 4.79. The monoisotopic (exact) mass is 405 g/mol. The Bertz CT molecular complexity index is 911. The lowest BCUT2D eigenvalue weighted by atomic mass is 10.1. The Balaban J connectivity index is 1.82. The molecule has 8 nitrogen and oxygen atoms in total. The van der Waals surface area contributed by atoms with Crippen molar-refractivity contribution in [2.24, 2.45) is 5.92 Å². The van der Waals surface area contributed by atoms with E-state index in [0.717, 1.165) is 18.2 Å². The Kier molecular flexibility index (Phi) is 6.14. The summed E-state index contributed by atoms with van der Waals surface area (Å²) in [6.45, 7) is 4.48. The topological polar surface area (TPSA) is 108 Å². The quantitative estimate of drug-likeness (QED) is 0.733. The van der Waals surface area contributed by atoms with Crippen molar-refractivity contribution in [3.63, 3.8) is 0 Å². The maximum atomic E-state index is 12.8. The first kappa shape index (κ1) is 20.5. The van der Waals surface area contributed by atoms with Gasteiger partial charge in [0.2, 0.25) is 15.9 Å². The van der Waals surface area contributed by atoms with Crippen LogP contribution in [-0.4, -0.2) is 53.2 Å². The lowest BCUT2D eigenvalue weighted by Crippen LogP contribution is -2.38. The van der Waals surface area contributed by atoms with E-state index in [2.05, 4.69) is 33.8 Å². The van der Waals surface area contributed by atoms with E-state index in [0.29, 0.717) is 37.0 Å². The van der Waals surface area contributed by atoms with Gasteiger partial charge in [0.25, 0.3) is 0 Å². The molecule has 3 rings (SSSR count). The molecule has 0 aliphatic carbocycles. The molecule has 0 saturated carbocycles. The van der Waals surface area contributed by atoms with Crippen LogP contribution in [0.25, 0.3) is 11.4 Å². The number of aromatic nitrogens is 3. The summed E-state index contributed by atoms with van der Waals surface area (Å²) in [6, 6.07) is 8.91. The summed E-state index contributed by atoms with van der Waals surface area (Å²) in [7, 11) is -3.36. The average Bonchev–Trinajstić information content (AvgIpc) is 3.26. The molecule has 0 radical (unpaired) electrons. The molecule has 152 valence electrons. The van der Waals surface area contributed by atoms with Crippen molar-refractivity contribution in [2.75, 3.05) is 12.8 Å². The molecule has 1 aromatic carbocycles. The predicted molar refractivity (Wildman–Crippen MR) is 107 cm³/mol. The molecule has 1 amide bonds. The number of carbonyl (C=O) groups excluding carboxylic acids is 1. The highest BCUT2D eigenvalue weighted by molar-refractivity contribution is 7.88. The van der Waals surface area contributed by atoms with E-state index < -0.39 is 10.0 Å². The summed E-state index contributed by atoms with van der Waals surface area (Å²) in [4.78, 5) is 19.1. The summed E-state index contributed by atoms with van der Waals surface area (Å²) >= 11 is 0. The summed E-state index contributed by atoms with van der Waals surface area (Å²) in [6.07, 6.45) is 2.81. The van der Waals surface area contributed by atoms with Crippen molar-refractivity contribution in [2.45, 2.75) is 45.2 Å². The number of H-pyrrole nitrogens is 1. The number of carbonyl (C=O) groups is 1. The highest BCUT2D eigenvalue weighted by atomic mass is 32.2. The van der Waals surface area contributed by atoms with E-state index in [1.54, 1.807) is 4.90 Å². The predicted octanol–water partition coefficient (Wildman–Crippen LogP) is 2.10. The third-order valence-corrected chi connectivity index (χ3v) is 5.55. The van der Waals surface area contributed by atoms with Crippen LogP contribution in [-0.2, 0) is 14.8 Å². The largest absolute Gasteiger partial charge is 0.331 e. The van der Waals surface area contributed by atoms with Gasteiger partial charge < -0.3 is 4.90 Å². The molecule has 9 heteroatoms. The molecule has 1 fully saturated rings. The van der Waals surface area contributed by atoms with Crippen molar-refractivity contribution >= 4 is 15.9 Å². The van der Waals surface area contributed by atoms with E-state index >= 15 is 0 Å². The van der Waals surface area contributed by atoms with Crippen molar-refractivity contribution in [1.29, 1.82) is 0 Å². The minimum Gasteiger partial charge on any atom is -0.331 e. The maximum absolute atomic E-state index is 12.8. The van der Waals surface area contributed by atoms with Gasteiger partial charge in [-0.25, -0.2) is 18.1 Å². The normalized spacial score (nSPS) is 20.1. The Morgan fingerprint density at radius 3 is 2.68 bits per heavy atom. The molecule has 1 aliphatic heterocycles. The van der Waals surface area contributed by atoms with Gasteiger partial charge in [-0.1, -0.05) is 44.2 Å². The van der Waals surface area contributed by atoms with Crippen LogP contribution in [0.5, 0.6) is 0 Å². The SMILES string of the molecule is CC(C)CCC(=O)N1CC(NS(C)(=O)=O)CC1c1nc(-c2ccccc2)n[nH]1. The number of rotatable bonds is 7. The van der Waals surface area contributed by atoms with Gasteiger partial charge in [0.1, 0.15) is 5.82 Å². The second-order valence-electron chi connectivity index (χ2n) is 7.73. The number of aromatic amines is 1. The molecule has 1 aliphatic rings. The fraction of sp³-hybridized carbons (Fsp3) is 0.526. The van der Waals surface area contributed by atoms with Crippen LogP contribution in [0.2, 0.25) is 0 Å². The smallest absolute Gasteiger partial charge is 0.223 e. The Morgan fingerprint density at radius 2 is 2.04 bits per heavy atom. The van der Waals surface area contributed by atoms with Crippen LogP contribution in [0.4, 0.5) is 0 Å². The zero-order valence-electron chi connectivity index (χ0n) is 16.4. The van der Waals surface area contributed by atoms with Crippen molar-refractivity contribution < 1.29 is 13.2 Å².